The molecule has 126 valence electrons. The van der Waals surface area contributed by atoms with E-state index in [0.717, 1.165) is 44.5 Å². The van der Waals surface area contributed by atoms with Crippen molar-refractivity contribution in [3.8, 4) is 0 Å². The van der Waals surface area contributed by atoms with Gasteiger partial charge in [-0.05, 0) is 52.9 Å². The Hall–Kier alpha value is -0.0400. The molecule has 1 unspecified atom stereocenters. The number of aliphatic imine (C=N–C) groups is 1. The lowest BCUT2D eigenvalue weighted by atomic mass is 10.0. The molecular weight excluding hydrogens is 375 g/mol. The third kappa shape index (κ3) is 7.68. The minimum Gasteiger partial charge on any atom is -0.370 e. The fraction of sp³-hybridized carbons (Fsp3) is 0.938. The van der Waals surface area contributed by atoms with Gasteiger partial charge in [0.2, 0.25) is 0 Å². The normalized spacial score (nSPS) is 20.3. The lowest BCUT2D eigenvalue weighted by Crippen LogP contribution is -2.43. The quantitative estimate of drug-likeness (QED) is 0.317. The maximum Gasteiger partial charge on any atom is 0.191 e. The summed E-state index contributed by atoms with van der Waals surface area (Å²) in [5.74, 6) is 1.49. The number of rotatable bonds is 6. The van der Waals surface area contributed by atoms with Gasteiger partial charge in [-0.1, -0.05) is 6.92 Å². The molecule has 1 atom stereocenters. The molecule has 1 fully saturated rings. The lowest BCUT2D eigenvalue weighted by Gasteiger charge is -2.32. The van der Waals surface area contributed by atoms with Crippen LogP contribution in [0.15, 0.2) is 4.99 Å². The molecule has 0 aromatic carbocycles. The van der Waals surface area contributed by atoms with Crippen molar-refractivity contribution in [1.29, 1.82) is 0 Å². The topological polar surface area (TPSA) is 44.9 Å². The summed E-state index contributed by atoms with van der Waals surface area (Å²) in [6, 6.07) is 1.19. The maximum absolute atomic E-state index is 6.11. The first kappa shape index (κ1) is 21.0. The number of guanidine groups is 1. The number of halogens is 1. The van der Waals surface area contributed by atoms with E-state index in [1.807, 2.05) is 0 Å². The number of piperidine rings is 1. The highest BCUT2D eigenvalue weighted by atomic mass is 127. The van der Waals surface area contributed by atoms with Crippen LogP contribution in [-0.2, 0) is 0 Å². The average Bonchev–Trinajstić information content (AvgIpc) is 2.37. The van der Waals surface area contributed by atoms with Gasteiger partial charge in [0.05, 0.1) is 0 Å². The Morgan fingerprint density at radius 1 is 1.29 bits per heavy atom. The Labute approximate surface area is 148 Å². The summed E-state index contributed by atoms with van der Waals surface area (Å²) in [6.07, 6.45) is 3.65. The van der Waals surface area contributed by atoms with Crippen molar-refractivity contribution in [2.75, 3.05) is 26.2 Å². The molecule has 2 N–H and O–H groups in total. The van der Waals surface area contributed by atoms with Gasteiger partial charge in [0, 0.05) is 38.3 Å². The van der Waals surface area contributed by atoms with E-state index in [9.17, 15) is 0 Å². The van der Waals surface area contributed by atoms with Gasteiger partial charge in [0.25, 0.3) is 0 Å². The van der Waals surface area contributed by atoms with Crippen molar-refractivity contribution >= 4 is 29.9 Å². The van der Waals surface area contributed by atoms with Crippen molar-refractivity contribution in [1.82, 2.24) is 9.80 Å². The van der Waals surface area contributed by atoms with Crippen LogP contribution in [0.5, 0.6) is 0 Å². The van der Waals surface area contributed by atoms with E-state index in [0.29, 0.717) is 12.1 Å². The van der Waals surface area contributed by atoms with Crippen LogP contribution in [-0.4, -0.2) is 54.0 Å². The van der Waals surface area contributed by atoms with Crippen LogP contribution < -0.4 is 5.73 Å². The summed E-state index contributed by atoms with van der Waals surface area (Å²) in [5.41, 5.74) is 6.11. The fourth-order valence-corrected chi connectivity index (χ4v) is 3.06. The Kier molecular flexibility index (Phi) is 10.6. The molecule has 1 heterocycles. The average molecular weight is 410 g/mol. The van der Waals surface area contributed by atoms with Gasteiger partial charge >= 0.3 is 0 Å². The maximum atomic E-state index is 6.11. The predicted molar refractivity (Wildman–Crippen MR) is 103 cm³/mol. The summed E-state index contributed by atoms with van der Waals surface area (Å²) in [5, 5.41) is 0. The van der Waals surface area contributed by atoms with Crippen LogP contribution in [0.3, 0.4) is 0 Å². The summed E-state index contributed by atoms with van der Waals surface area (Å²) in [7, 11) is 0. The van der Waals surface area contributed by atoms with E-state index in [2.05, 4.69) is 49.4 Å². The second-order valence-corrected chi connectivity index (χ2v) is 6.71. The van der Waals surface area contributed by atoms with Gasteiger partial charge in [-0.3, -0.25) is 9.89 Å². The summed E-state index contributed by atoms with van der Waals surface area (Å²) in [6.45, 7) is 15.4. The SMILES string of the molecule is CC1CCCN(C(N)=NCCCN(C(C)C)C(C)C)C1.I. The van der Waals surface area contributed by atoms with E-state index < -0.39 is 0 Å². The van der Waals surface area contributed by atoms with Crippen LogP contribution in [0.1, 0.15) is 53.9 Å². The molecule has 4 nitrogen and oxygen atoms in total. The van der Waals surface area contributed by atoms with Crippen LogP contribution in [0.4, 0.5) is 0 Å². The number of nitrogens with two attached hydrogens (primary N) is 1. The zero-order valence-electron chi connectivity index (χ0n) is 14.5. The molecule has 1 aliphatic heterocycles. The second-order valence-electron chi connectivity index (χ2n) is 6.71. The predicted octanol–water partition coefficient (Wildman–Crippen LogP) is 3.16. The first-order valence-corrected chi connectivity index (χ1v) is 8.22. The molecule has 0 aliphatic carbocycles. The largest absolute Gasteiger partial charge is 0.370 e. The molecule has 0 amide bonds. The standard InChI is InChI=1S/C16H34N4.HI/c1-13(2)20(14(3)4)11-7-9-18-16(17)19-10-6-8-15(5)12-19;/h13-15H,6-12H2,1-5H3,(H2,17,18);1H. The fourth-order valence-electron chi connectivity index (χ4n) is 3.06. The Morgan fingerprint density at radius 2 is 1.90 bits per heavy atom. The molecule has 1 rings (SSSR count). The Bertz CT molecular complexity index is 297. The summed E-state index contributed by atoms with van der Waals surface area (Å²) < 4.78 is 0. The molecule has 0 radical (unpaired) electrons. The second kappa shape index (κ2) is 10.6. The van der Waals surface area contributed by atoms with Crippen molar-refractivity contribution in [2.24, 2.45) is 16.6 Å². The highest BCUT2D eigenvalue weighted by molar-refractivity contribution is 14.0. The van der Waals surface area contributed by atoms with Crippen molar-refractivity contribution < 1.29 is 0 Å². The molecule has 0 aromatic rings. The molecule has 0 aromatic heterocycles. The zero-order valence-corrected chi connectivity index (χ0v) is 16.8. The first-order valence-electron chi connectivity index (χ1n) is 8.22. The summed E-state index contributed by atoms with van der Waals surface area (Å²) >= 11 is 0. The number of hydrogen-bond acceptors (Lipinski definition) is 2. The van der Waals surface area contributed by atoms with E-state index in [1.165, 1.54) is 12.8 Å². The Morgan fingerprint density at radius 3 is 2.43 bits per heavy atom. The molecule has 21 heavy (non-hydrogen) atoms. The summed E-state index contributed by atoms with van der Waals surface area (Å²) in [4.78, 5) is 9.32. The number of nitrogens with zero attached hydrogens (tertiary/aromatic N) is 3. The van der Waals surface area contributed by atoms with Crippen LogP contribution in [0.25, 0.3) is 0 Å². The number of hydrogen-bond donors (Lipinski definition) is 1. The molecule has 5 heteroatoms. The van der Waals surface area contributed by atoms with Crippen molar-refractivity contribution in [2.45, 2.75) is 66.0 Å². The van der Waals surface area contributed by atoms with Gasteiger partial charge in [-0.15, -0.1) is 24.0 Å². The van der Waals surface area contributed by atoms with Gasteiger partial charge in [0.15, 0.2) is 5.96 Å². The van der Waals surface area contributed by atoms with Crippen LogP contribution >= 0.6 is 24.0 Å². The lowest BCUT2D eigenvalue weighted by molar-refractivity contribution is 0.174. The van der Waals surface area contributed by atoms with Gasteiger partial charge in [-0.25, -0.2) is 0 Å². The van der Waals surface area contributed by atoms with Crippen molar-refractivity contribution in [3.05, 3.63) is 0 Å². The monoisotopic (exact) mass is 410 g/mol. The minimum atomic E-state index is 0. The molecule has 1 aliphatic rings. The molecule has 1 saturated heterocycles. The zero-order chi connectivity index (χ0) is 15.1. The van der Waals surface area contributed by atoms with E-state index >= 15 is 0 Å². The third-order valence-corrected chi connectivity index (χ3v) is 4.16. The molecule has 0 spiro atoms. The highest BCUT2D eigenvalue weighted by Gasteiger charge is 2.17. The molecule has 0 saturated carbocycles. The van der Waals surface area contributed by atoms with Gasteiger partial charge in [-0.2, -0.15) is 0 Å². The minimum absolute atomic E-state index is 0. The van der Waals surface area contributed by atoms with Crippen LogP contribution in [0, 0.1) is 5.92 Å². The van der Waals surface area contributed by atoms with Crippen LogP contribution in [0.2, 0.25) is 0 Å². The van der Waals surface area contributed by atoms with Crippen molar-refractivity contribution in [3.63, 3.8) is 0 Å². The highest BCUT2D eigenvalue weighted by Crippen LogP contribution is 2.14. The molecular formula is C16H35IN4. The van der Waals surface area contributed by atoms with E-state index in [-0.39, 0.29) is 24.0 Å². The molecule has 0 bridgehead atoms. The van der Waals surface area contributed by atoms with E-state index in [1.54, 1.807) is 0 Å². The number of likely N-dealkylation sites (tertiary alicyclic amines) is 1. The van der Waals surface area contributed by atoms with Gasteiger partial charge in [0.1, 0.15) is 0 Å². The Balaban J connectivity index is 0.00000400. The first-order chi connectivity index (χ1) is 9.41. The third-order valence-electron chi connectivity index (χ3n) is 4.16. The van der Waals surface area contributed by atoms with E-state index in [4.69, 9.17) is 5.73 Å². The smallest absolute Gasteiger partial charge is 0.191 e. The van der Waals surface area contributed by atoms with Gasteiger partial charge < -0.3 is 10.6 Å².